The number of amides is 2. The van der Waals surface area contributed by atoms with Gasteiger partial charge in [0.05, 0.1) is 7.11 Å². The summed E-state index contributed by atoms with van der Waals surface area (Å²) in [6, 6.07) is 11.9. The van der Waals surface area contributed by atoms with E-state index in [9.17, 15) is 13.6 Å². The molecule has 0 radical (unpaired) electrons. The molecule has 8 nitrogen and oxygen atoms in total. The molecule has 0 fully saturated rings. The Kier molecular flexibility index (Phi) is 7.88. The van der Waals surface area contributed by atoms with Gasteiger partial charge in [-0.1, -0.05) is 42.1 Å². The van der Waals surface area contributed by atoms with Crippen molar-refractivity contribution in [3.63, 3.8) is 0 Å². The van der Waals surface area contributed by atoms with E-state index in [4.69, 9.17) is 10.6 Å². The number of nitrogens with one attached hydrogen (secondary N) is 1. The molecule has 0 saturated heterocycles. The lowest BCUT2D eigenvalue weighted by molar-refractivity contribution is -0.0805. The number of nitrogens with zero attached hydrogens (tertiary/aromatic N) is 4. The standard InChI is InChI=1S/C22H26F2N6O2S/c1-26-20(25)27-13-7-12-22(15-8-5-4-6-9-15)30(21(31)29(2)32-3)28-19(33-22)17-14-16(23)10-11-18(17)24/h4-6,8-11,14H,7,12-13H2,1-3H3,(H3,25,26,27). The molecule has 3 rings (SSSR count). The van der Waals surface area contributed by atoms with Gasteiger partial charge in [-0.2, -0.15) is 10.1 Å². The summed E-state index contributed by atoms with van der Waals surface area (Å²) >= 11 is 1.19. The van der Waals surface area contributed by atoms with Gasteiger partial charge in [-0.25, -0.2) is 18.6 Å². The minimum atomic E-state index is -1.03. The van der Waals surface area contributed by atoms with Gasteiger partial charge < -0.3 is 11.1 Å². The number of carbonyl (C=O) groups is 1. The number of nitrogens with two attached hydrogens (primary N) is 1. The van der Waals surface area contributed by atoms with E-state index in [2.05, 4.69) is 15.4 Å². The lowest BCUT2D eigenvalue weighted by atomic mass is 10.0. The first-order valence-corrected chi connectivity index (χ1v) is 11.0. The van der Waals surface area contributed by atoms with Crippen molar-refractivity contribution in [2.45, 2.75) is 17.7 Å². The van der Waals surface area contributed by atoms with Crippen LogP contribution >= 0.6 is 11.8 Å². The van der Waals surface area contributed by atoms with E-state index in [1.165, 1.54) is 30.9 Å². The Balaban J connectivity index is 2.06. The lowest BCUT2D eigenvalue weighted by Gasteiger charge is -2.37. The second-order valence-electron chi connectivity index (χ2n) is 7.20. The van der Waals surface area contributed by atoms with Crippen LogP contribution in [0.1, 0.15) is 24.0 Å². The summed E-state index contributed by atoms with van der Waals surface area (Å²) in [5.41, 5.74) is 6.48. The zero-order valence-corrected chi connectivity index (χ0v) is 19.4. The molecule has 33 heavy (non-hydrogen) atoms. The van der Waals surface area contributed by atoms with Gasteiger partial charge in [-0.15, -0.1) is 0 Å². The minimum Gasteiger partial charge on any atom is -0.370 e. The third-order valence-corrected chi connectivity index (χ3v) is 6.59. The van der Waals surface area contributed by atoms with E-state index in [1.807, 2.05) is 30.3 Å². The number of urea groups is 1. The molecule has 2 amide bonds. The molecule has 1 heterocycles. The quantitative estimate of drug-likeness (QED) is 0.276. The maximum absolute atomic E-state index is 14.6. The SMILES string of the molecule is CN=C(N)NCCCC1(c2ccccc2)SC(c2cc(F)ccc2F)=NN1C(=O)N(C)OC. The number of hydrogen-bond donors (Lipinski definition) is 2. The zero-order valence-electron chi connectivity index (χ0n) is 18.6. The average molecular weight is 477 g/mol. The highest BCUT2D eigenvalue weighted by Crippen LogP contribution is 2.50. The second-order valence-corrected chi connectivity index (χ2v) is 8.46. The van der Waals surface area contributed by atoms with E-state index < -0.39 is 22.5 Å². The molecule has 1 aliphatic rings. The van der Waals surface area contributed by atoms with Gasteiger partial charge in [0.1, 0.15) is 21.5 Å². The first-order chi connectivity index (χ1) is 15.8. The Bertz CT molecular complexity index is 1050. The monoisotopic (exact) mass is 476 g/mol. The second kappa shape index (κ2) is 10.6. The topological polar surface area (TPSA) is 95.5 Å². The van der Waals surface area contributed by atoms with E-state index in [0.29, 0.717) is 25.3 Å². The van der Waals surface area contributed by atoms with Crippen LogP contribution in [0.15, 0.2) is 58.6 Å². The smallest absolute Gasteiger partial charge is 0.365 e. The average Bonchev–Trinajstić information content (AvgIpc) is 3.23. The van der Waals surface area contributed by atoms with Crippen LogP contribution in [0.4, 0.5) is 13.6 Å². The van der Waals surface area contributed by atoms with E-state index in [-0.39, 0.29) is 10.6 Å². The fraction of sp³-hybridized carbons (Fsp3) is 0.318. The summed E-state index contributed by atoms with van der Waals surface area (Å²) in [5.74, 6) is -0.932. The van der Waals surface area contributed by atoms with E-state index >= 15 is 0 Å². The molecule has 0 bridgehead atoms. The molecule has 1 aliphatic heterocycles. The highest BCUT2D eigenvalue weighted by molar-refractivity contribution is 8.15. The summed E-state index contributed by atoms with van der Waals surface area (Å²) < 4.78 is 28.6. The third kappa shape index (κ3) is 5.25. The normalized spacial score (nSPS) is 18.3. The molecular formula is C22H26F2N6O2S. The van der Waals surface area contributed by atoms with Gasteiger partial charge in [0.25, 0.3) is 0 Å². The number of hydroxylamine groups is 2. The Morgan fingerprint density at radius 2 is 2.03 bits per heavy atom. The van der Waals surface area contributed by atoms with Crippen molar-refractivity contribution in [1.29, 1.82) is 0 Å². The van der Waals surface area contributed by atoms with E-state index in [0.717, 1.165) is 28.8 Å². The Labute approximate surface area is 195 Å². The fourth-order valence-electron chi connectivity index (χ4n) is 3.38. The van der Waals surface area contributed by atoms with Crippen LogP contribution in [0.5, 0.6) is 0 Å². The number of rotatable bonds is 7. The van der Waals surface area contributed by atoms with Gasteiger partial charge in [0, 0.05) is 26.2 Å². The summed E-state index contributed by atoms with van der Waals surface area (Å²) in [6.45, 7) is 0.490. The molecule has 0 saturated carbocycles. The molecule has 0 spiro atoms. The van der Waals surface area contributed by atoms with Crippen LogP contribution in [-0.4, -0.2) is 54.9 Å². The molecule has 176 valence electrons. The maximum atomic E-state index is 14.6. The Hall–Kier alpha value is -3.18. The number of hydrazone groups is 1. The van der Waals surface area contributed by atoms with Crippen LogP contribution in [0.25, 0.3) is 0 Å². The van der Waals surface area contributed by atoms with Crippen LogP contribution in [0.2, 0.25) is 0 Å². The molecule has 0 aromatic heterocycles. The van der Waals surface area contributed by atoms with Crippen LogP contribution < -0.4 is 11.1 Å². The van der Waals surface area contributed by atoms with Gasteiger partial charge in [-0.05, 0) is 36.6 Å². The number of hydrogen-bond acceptors (Lipinski definition) is 5. The molecule has 0 aliphatic carbocycles. The number of aliphatic imine (C=N–C) groups is 1. The van der Waals surface area contributed by atoms with Gasteiger partial charge in [-0.3, -0.25) is 9.83 Å². The lowest BCUT2D eigenvalue weighted by Crippen LogP contribution is -2.47. The predicted molar refractivity (Wildman–Crippen MR) is 125 cm³/mol. The number of halogens is 2. The van der Waals surface area contributed by atoms with Crippen LogP contribution in [0.3, 0.4) is 0 Å². The third-order valence-electron chi connectivity index (χ3n) is 5.15. The van der Waals surface area contributed by atoms with Crippen molar-refractivity contribution in [2.24, 2.45) is 15.8 Å². The van der Waals surface area contributed by atoms with Crippen molar-refractivity contribution < 1.29 is 18.4 Å². The highest BCUT2D eigenvalue weighted by Gasteiger charge is 2.49. The van der Waals surface area contributed by atoms with Gasteiger partial charge in [0.15, 0.2) is 5.96 Å². The summed E-state index contributed by atoms with van der Waals surface area (Å²) in [6.07, 6.45) is 1.01. The molecule has 1 atom stereocenters. The van der Waals surface area contributed by atoms with Crippen molar-refractivity contribution in [3.8, 4) is 0 Å². The first kappa shape index (κ1) is 24.5. The first-order valence-electron chi connectivity index (χ1n) is 10.2. The fourth-order valence-corrected chi connectivity index (χ4v) is 4.79. The summed E-state index contributed by atoms with van der Waals surface area (Å²) in [5, 5.41) is 9.95. The molecule has 2 aromatic carbocycles. The Morgan fingerprint density at radius 1 is 1.30 bits per heavy atom. The largest absolute Gasteiger partial charge is 0.370 e. The predicted octanol–water partition coefficient (Wildman–Crippen LogP) is 3.46. The maximum Gasteiger partial charge on any atom is 0.365 e. The summed E-state index contributed by atoms with van der Waals surface area (Å²) in [7, 11) is 4.40. The molecule has 11 heteroatoms. The minimum absolute atomic E-state index is 0.0174. The molecule has 1 unspecified atom stereocenters. The van der Waals surface area contributed by atoms with Crippen molar-refractivity contribution in [3.05, 3.63) is 71.3 Å². The number of benzene rings is 2. The van der Waals surface area contributed by atoms with Crippen molar-refractivity contribution in [1.82, 2.24) is 15.4 Å². The molecule has 3 N–H and O–H groups in total. The zero-order chi connectivity index (χ0) is 24.0. The van der Waals surface area contributed by atoms with E-state index in [1.54, 1.807) is 7.05 Å². The van der Waals surface area contributed by atoms with Crippen LogP contribution in [-0.2, 0) is 9.71 Å². The summed E-state index contributed by atoms with van der Waals surface area (Å²) in [4.78, 5) is 21.2. The number of guanidine groups is 1. The Morgan fingerprint density at radius 3 is 2.70 bits per heavy atom. The highest BCUT2D eigenvalue weighted by atomic mass is 32.2. The molecular weight excluding hydrogens is 450 g/mol. The van der Waals surface area contributed by atoms with Crippen molar-refractivity contribution >= 4 is 28.8 Å². The number of carbonyl (C=O) groups excluding carboxylic acids is 1. The van der Waals surface area contributed by atoms with Gasteiger partial charge in [0.2, 0.25) is 0 Å². The van der Waals surface area contributed by atoms with Gasteiger partial charge >= 0.3 is 6.03 Å². The van der Waals surface area contributed by atoms with Crippen molar-refractivity contribution in [2.75, 3.05) is 27.7 Å². The van der Waals surface area contributed by atoms with Crippen LogP contribution in [0, 0.1) is 11.6 Å². The molecule has 2 aromatic rings. The number of thioether (sulfide) groups is 1.